The summed E-state index contributed by atoms with van der Waals surface area (Å²) >= 11 is 0. The first-order valence-electron chi connectivity index (χ1n) is 7.72. The van der Waals surface area contributed by atoms with Crippen LogP contribution in [-0.4, -0.2) is 4.98 Å². The van der Waals surface area contributed by atoms with E-state index in [0.717, 1.165) is 17.5 Å². The van der Waals surface area contributed by atoms with Crippen LogP contribution in [0.4, 0.5) is 0 Å². The van der Waals surface area contributed by atoms with Gasteiger partial charge in [-0.25, -0.2) is 4.98 Å². The van der Waals surface area contributed by atoms with Crippen LogP contribution in [0, 0.1) is 0 Å². The third-order valence-electron chi connectivity index (χ3n) is 4.21. The topological polar surface area (TPSA) is 12.9 Å². The van der Waals surface area contributed by atoms with Crippen molar-refractivity contribution in [3.05, 3.63) is 78.4 Å². The molecular formula is C21H17N. The summed E-state index contributed by atoms with van der Waals surface area (Å²) in [6, 6.07) is 25.8. The molecule has 0 atom stereocenters. The highest BCUT2D eigenvalue weighted by molar-refractivity contribution is 5.94. The summed E-state index contributed by atoms with van der Waals surface area (Å²) in [5, 5.41) is 2.38. The predicted molar refractivity (Wildman–Crippen MR) is 94.1 cm³/mol. The van der Waals surface area contributed by atoms with Crippen molar-refractivity contribution in [1.29, 1.82) is 0 Å². The zero-order valence-electron chi connectivity index (χ0n) is 12.6. The molecule has 4 rings (SSSR count). The quantitative estimate of drug-likeness (QED) is 0.435. The highest BCUT2D eigenvalue weighted by atomic mass is 14.7. The number of para-hydroxylation sites is 1. The second-order valence-electron chi connectivity index (χ2n) is 5.64. The Kier molecular flexibility index (Phi) is 3.12. The van der Waals surface area contributed by atoms with Crippen LogP contribution in [0.15, 0.2) is 72.8 Å². The summed E-state index contributed by atoms with van der Waals surface area (Å²) in [4.78, 5) is 4.74. The van der Waals surface area contributed by atoms with Gasteiger partial charge in [0.2, 0.25) is 0 Å². The second-order valence-corrected chi connectivity index (χ2v) is 5.64. The van der Waals surface area contributed by atoms with Crippen molar-refractivity contribution >= 4 is 21.8 Å². The van der Waals surface area contributed by atoms with E-state index < -0.39 is 0 Å². The SMILES string of the molecule is CCc1ccc(-c2ccc3nc4ccccc4cc3c2)cc1. The normalized spacial score (nSPS) is 11.1. The first-order valence-corrected chi connectivity index (χ1v) is 7.72. The molecule has 1 heterocycles. The third kappa shape index (κ3) is 2.25. The van der Waals surface area contributed by atoms with Gasteiger partial charge in [0.05, 0.1) is 11.0 Å². The minimum atomic E-state index is 1.05. The number of benzene rings is 3. The standard InChI is InChI=1S/C21H17N/c1-2-15-7-9-16(10-8-15)17-11-12-21-19(13-17)14-18-5-3-4-6-20(18)22-21/h3-14H,2H2,1H3. The number of aryl methyl sites for hydroxylation is 1. The Labute approximate surface area is 130 Å². The molecule has 3 aromatic carbocycles. The Morgan fingerprint density at radius 3 is 2.23 bits per heavy atom. The van der Waals surface area contributed by atoms with E-state index in [9.17, 15) is 0 Å². The lowest BCUT2D eigenvalue weighted by Gasteiger charge is -2.06. The van der Waals surface area contributed by atoms with Crippen LogP contribution in [0.1, 0.15) is 12.5 Å². The van der Waals surface area contributed by atoms with E-state index in [4.69, 9.17) is 4.98 Å². The van der Waals surface area contributed by atoms with Crippen molar-refractivity contribution in [1.82, 2.24) is 4.98 Å². The average molecular weight is 283 g/mol. The lowest BCUT2D eigenvalue weighted by atomic mass is 10.0. The summed E-state index contributed by atoms with van der Waals surface area (Å²) in [6.45, 7) is 2.18. The number of aromatic nitrogens is 1. The minimum Gasteiger partial charge on any atom is -0.248 e. The number of hydrogen-bond donors (Lipinski definition) is 0. The molecule has 0 spiro atoms. The first-order chi connectivity index (χ1) is 10.8. The van der Waals surface area contributed by atoms with Crippen molar-refractivity contribution < 1.29 is 0 Å². The largest absolute Gasteiger partial charge is 0.248 e. The molecule has 1 aromatic heterocycles. The van der Waals surface area contributed by atoms with Crippen LogP contribution in [0.3, 0.4) is 0 Å². The van der Waals surface area contributed by atoms with Gasteiger partial charge in [-0.2, -0.15) is 0 Å². The molecule has 4 aromatic rings. The van der Waals surface area contributed by atoms with Gasteiger partial charge in [-0.1, -0.05) is 55.5 Å². The molecule has 0 aliphatic rings. The smallest absolute Gasteiger partial charge is 0.0710 e. The van der Waals surface area contributed by atoms with Crippen molar-refractivity contribution in [2.75, 3.05) is 0 Å². The average Bonchev–Trinajstić information content (AvgIpc) is 2.59. The number of hydrogen-bond acceptors (Lipinski definition) is 1. The Balaban J connectivity index is 1.86. The zero-order chi connectivity index (χ0) is 14.9. The van der Waals surface area contributed by atoms with E-state index in [2.05, 4.69) is 73.7 Å². The molecule has 22 heavy (non-hydrogen) atoms. The summed E-state index contributed by atoms with van der Waals surface area (Å²) in [6.07, 6.45) is 1.08. The Morgan fingerprint density at radius 1 is 0.682 bits per heavy atom. The molecule has 0 bridgehead atoms. The molecule has 0 aliphatic carbocycles. The highest BCUT2D eigenvalue weighted by Crippen LogP contribution is 2.26. The fourth-order valence-electron chi connectivity index (χ4n) is 2.89. The van der Waals surface area contributed by atoms with Crippen LogP contribution in [-0.2, 0) is 6.42 Å². The van der Waals surface area contributed by atoms with E-state index in [1.807, 2.05) is 6.07 Å². The number of pyridine rings is 1. The molecule has 0 saturated heterocycles. The molecular weight excluding hydrogens is 266 g/mol. The van der Waals surface area contributed by atoms with Gasteiger partial charge < -0.3 is 0 Å². The fourth-order valence-corrected chi connectivity index (χ4v) is 2.89. The molecule has 0 N–H and O–H groups in total. The maximum absolute atomic E-state index is 4.74. The maximum atomic E-state index is 4.74. The lowest BCUT2D eigenvalue weighted by Crippen LogP contribution is -1.85. The molecule has 0 saturated carbocycles. The van der Waals surface area contributed by atoms with E-state index in [-0.39, 0.29) is 0 Å². The van der Waals surface area contributed by atoms with Gasteiger partial charge >= 0.3 is 0 Å². The first kappa shape index (κ1) is 13.0. The van der Waals surface area contributed by atoms with E-state index in [1.54, 1.807) is 0 Å². The van der Waals surface area contributed by atoms with E-state index in [0.29, 0.717) is 0 Å². The van der Waals surface area contributed by atoms with Gasteiger partial charge in [-0.05, 0) is 47.4 Å². The molecule has 0 unspecified atom stereocenters. The van der Waals surface area contributed by atoms with Crippen molar-refractivity contribution in [2.24, 2.45) is 0 Å². The Hall–Kier alpha value is -2.67. The molecule has 0 aliphatic heterocycles. The lowest BCUT2D eigenvalue weighted by molar-refractivity contribution is 1.14. The Morgan fingerprint density at radius 2 is 1.41 bits per heavy atom. The zero-order valence-corrected chi connectivity index (χ0v) is 12.6. The summed E-state index contributed by atoms with van der Waals surface area (Å²) in [5.74, 6) is 0. The van der Waals surface area contributed by atoms with Crippen molar-refractivity contribution in [2.45, 2.75) is 13.3 Å². The molecule has 0 radical (unpaired) electrons. The van der Waals surface area contributed by atoms with E-state index >= 15 is 0 Å². The molecule has 0 amide bonds. The van der Waals surface area contributed by atoms with Gasteiger partial charge in [-0.3, -0.25) is 0 Å². The van der Waals surface area contributed by atoms with Crippen molar-refractivity contribution in [3.8, 4) is 11.1 Å². The Bertz CT molecular complexity index is 952. The summed E-state index contributed by atoms with van der Waals surface area (Å²) < 4.78 is 0. The molecule has 106 valence electrons. The summed E-state index contributed by atoms with van der Waals surface area (Å²) in [5.41, 5.74) is 5.97. The van der Waals surface area contributed by atoms with Gasteiger partial charge in [0.1, 0.15) is 0 Å². The highest BCUT2D eigenvalue weighted by Gasteiger charge is 2.03. The van der Waals surface area contributed by atoms with E-state index in [1.165, 1.54) is 27.5 Å². The van der Waals surface area contributed by atoms with Gasteiger partial charge in [0.15, 0.2) is 0 Å². The number of rotatable bonds is 2. The van der Waals surface area contributed by atoms with Crippen molar-refractivity contribution in [3.63, 3.8) is 0 Å². The molecule has 1 nitrogen and oxygen atoms in total. The molecule has 1 heteroatoms. The number of nitrogens with zero attached hydrogens (tertiary/aromatic N) is 1. The third-order valence-corrected chi connectivity index (χ3v) is 4.21. The molecule has 0 fully saturated rings. The second kappa shape index (κ2) is 5.27. The van der Waals surface area contributed by atoms with Crippen LogP contribution >= 0.6 is 0 Å². The monoisotopic (exact) mass is 283 g/mol. The fraction of sp³-hybridized carbons (Fsp3) is 0.0952. The van der Waals surface area contributed by atoms with Crippen LogP contribution < -0.4 is 0 Å². The van der Waals surface area contributed by atoms with Gasteiger partial charge in [0.25, 0.3) is 0 Å². The predicted octanol–water partition coefficient (Wildman–Crippen LogP) is 5.62. The number of fused-ring (bicyclic) bond motifs is 2. The van der Waals surface area contributed by atoms with Crippen LogP contribution in [0.5, 0.6) is 0 Å². The summed E-state index contributed by atoms with van der Waals surface area (Å²) in [7, 11) is 0. The van der Waals surface area contributed by atoms with Crippen LogP contribution in [0.25, 0.3) is 32.9 Å². The van der Waals surface area contributed by atoms with Gasteiger partial charge in [0, 0.05) is 10.8 Å². The van der Waals surface area contributed by atoms with Crippen LogP contribution in [0.2, 0.25) is 0 Å². The minimum absolute atomic E-state index is 1.05. The maximum Gasteiger partial charge on any atom is 0.0710 e. The van der Waals surface area contributed by atoms with Gasteiger partial charge in [-0.15, -0.1) is 0 Å².